The second-order valence-electron chi connectivity index (χ2n) is 7.48. The minimum absolute atomic E-state index is 0.145. The molecule has 0 aliphatic carbocycles. The summed E-state index contributed by atoms with van der Waals surface area (Å²) in [6.07, 6.45) is -0.566. The van der Waals surface area contributed by atoms with Gasteiger partial charge < -0.3 is 19.9 Å². The third kappa shape index (κ3) is 5.04. The standard InChI is InChI=1S/C23H31N3O2/c1-5-25-12-14-26(15-13-25)20-8-11-22(18(3)16-20)24-23(27)19(4)28-21-9-6-17(2)7-10-21/h6-11,16,19H,5,12-15H2,1-4H3,(H,24,27). The van der Waals surface area contributed by atoms with Gasteiger partial charge in [-0.15, -0.1) is 0 Å². The smallest absolute Gasteiger partial charge is 0.265 e. The van der Waals surface area contributed by atoms with E-state index in [1.807, 2.05) is 44.2 Å². The molecule has 0 aromatic heterocycles. The fourth-order valence-electron chi connectivity index (χ4n) is 3.42. The third-order valence-electron chi connectivity index (χ3n) is 5.36. The second-order valence-corrected chi connectivity index (χ2v) is 7.48. The zero-order valence-corrected chi connectivity index (χ0v) is 17.4. The minimum atomic E-state index is -0.566. The Balaban J connectivity index is 1.59. The quantitative estimate of drug-likeness (QED) is 0.825. The van der Waals surface area contributed by atoms with Crippen LogP contribution in [0.15, 0.2) is 42.5 Å². The Hall–Kier alpha value is -2.53. The largest absolute Gasteiger partial charge is 0.481 e. The Labute approximate surface area is 168 Å². The fourth-order valence-corrected chi connectivity index (χ4v) is 3.42. The van der Waals surface area contributed by atoms with Gasteiger partial charge >= 0.3 is 0 Å². The van der Waals surface area contributed by atoms with Crippen molar-refractivity contribution < 1.29 is 9.53 Å². The van der Waals surface area contributed by atoms with Crippen LogP contribution in [0.25, 0.3) is 0 Å². The molecule has 28 heavy (non-hydrogen) atoms. The lowest BCUT2D eigenvalue weighted by atomic mass is 10.1. The van der Waals surface area contributed by atoms with E-state index in [0.29, 0.717) is 5.75 Å². The van der Waals surface area contributed by atoms with E-state index in [4.69, 9.17) is 4.74 Å². The van der Waals surface area contributed by atoms with E-state index in [9.17, 15) is 4.79 Å². The summed E-state index contributed by atoms with van der Waals surface area (Å²) in [6.45, 7) is 13.4. The van der Waals surface area contributed by atoms with Crippen molar-refractivity contribution in [3.8, 4) is 5.75 Å². The van der Waals surface area contributed by atoms with Crippen LogP contribution in [0.4, 0.5) is 11.4 Å². The molecule has 1 amide bonds. The number of aryl methyl sites for hydroxylation is 2. The first-order chi connectivity index (χ1) is 13.5. The summed E-state index contributed by atoms with van der Waals surface area (Å²) in [5.74, 6) is 0.555. The molecular formula is C23H31N3O2. The maximum Gasteiger partial charge on any atom is 0.265 e. The molecule has 1 aliphatic rings. The predicted octanol–water partition coefficient (Wildman–Crippen LogP) is 3.85. The number of ether oxygens (including phenoxy) is 1. The lowest BCUT2D eigenvalue weighted by Crippen LogP contribution is -2.46. The first kappa shape index (κ1) is 20.2. The number of anilines is 2. The van der Waals surface area contributed by atoms with E-state index >= 15 is 0 Å². The van der Waals surface area contributed by atoms with Crippen LogP contribution >= 0.6 is 0 Å². The van der Waals surface area contributed by atoms with Crippen molar-refractivity contribution in [2.45, 2.75) is 33.8 Å². The number of carbonyl (C=O) groups excluding carboxylic acids is 1. The lowest BCUT2D eigenvalue weighted by Gasteiger charge is -2.35. The number of amides is 1. The Bertz CT molecular complexity index is 796. The van der Waals surface area contributed by atoms with Crippen molar-refractivity contribution in [1.29, 1.82) is 0 Å². The number of hydrogen-bond donors (Lipinski definition) is 1. The number of carbonyl (C=O) groups is 1. The lowest BCUT2D eigenvalue weighted by molar-refractivity contribution is -0.122. The first-order valence-corrected chi connectivity index (χ1v) is 10.1. The molecule has 2 aromatic rings. The van der Waals surface area contributed by atoms with Gasteiger partial charge in [0, 0.05) is 37.6 Å². The van der Waals surface area contributed by atoms with Crippen LogP contribution in [0.5, 0.6) is 5.75 Å². The summed E-state index contributed by atoms with van der Waals surface area (Å²) >= 11 is 0. The van der Waals surface area contributed by atoms with Crippen LogP contribution in [-0.4, -0.2) is 49.6 Å². The summed E-state index contributed by atoms with van der Waals surface area (Å²) < 4.78 is 5.76. The van der Waals surface area contributed by atoms with Gasteiger partial charge in [0.1, 0.15) is 5.75 Å². The molecule has 2 aromatic carbocycles. The Kier molecular flexibility index (Phi) is 6.57. The van der Waals surface area contributed by atoms with Crippen molar-refractivity contribution in [3.63, 3.8) is 0 Å². The highest BCUT2D eigenvalue weighted by molar-refractivity contribution is 5.95. The molecule has 1 atom stereocenters. The molecule has 1 aliphatic heterocycles. The molecule has 0 spiro atoms. The Morgan fingerprint density at radius 1 is 1.07 bits per heavy atom. The molecular weight excluding hydrogens is 350 g/mol. The average Bonchev–Trinajstić information content (AvgIpc) is 2.71. The Morgan fingerprint density at radius 3 is 2.36 bits per heavy atom. The molecule has 0 saturated carbocycles. The maximum atomic E-state index is 12.5. The monoisotopic (exact) mass is 381 g/mol. The van der Waals surface area contributed by atoms with Crippen LogP contribution in [-0.2, 0) is 4.79 Å². The van der Waals surface area contributed by atoms with E-state index in [0.717, 1.165) is 49.5 Å². The molecule has 0 radical (unpaired) electrons. The molecule has 1 saturated heterocycles. The molecule has 1 fully saturated rings. The second kappa shape index (κ2) is 9.11. The minimum Gasteiger partial charge on any atom is -0.481 e. The number of piperazine rings is 1. The summed E-state index contributed by atoms with van der Waals surface area (Å²) in [4.78, 5) is 17.4. The van der Waals surface area contributed by atoms with Crippen molar-refractivity contribution in [3.05, 3.63) is 53.6 Å². The average molecular weight is 382 g/mol. The number of rotatable bonds is 6. The van der Waals surface area contributed by atoms with Crippen molar-refractivity contribution in [1.82, 2.24) is 4.90 Å². The van der Waals surface area contributed by atoms with E-state index in [1.165, 1.54) is 5.69 Å². The Morgan fingerprint density at radius 2 is 1.75 bits per heavy atom. The van der Waals surface area contributed by atoms with E-state index in [2.05, 4.69) is 34.2 Å². The molecule has 1 unspecified atom stereocenters. The van der Waals surface area contributed by atoms with Gasteiger partial charge in [-0.2, -0.15) is 0 Å². The van der Waals surface area contributed by atoms with Crippen molar-refractivity contribution in [2.75, 3.05) is 42.9 Å². The van der Waals surface area contributed by atoms with Crippen molar-refractivity contribution in [2.24, 2.45) is 0 Å². The zero-order valence-electron chi connectivity index (χ0n) is 17.4. The highest BCUT2D eigenvalue weighted by atomic mass is 16.5. The van der Waals surface area contributed by atoms with Crippen LogP contribution in [0.1, 0.15) is 25.0 Å². The van der Waals surface area contributed by atoms with Crippen LogP contribution in [0, 0.1) is 13.8 Å². The normalized spacial score (nSPS) is 15.9. The van der Waals surface area contributed by atoms with Gasteiger partial charge in [0.2, 0.25) is 0 Å². The molecule has 1 heterocycles. The van der Waals surface area contributed by atoms with Gasteiger partial charge in [0.05, 0.1) is 0 Å². The van der Waals surface area contributed by atoms with Crippen LogP contribution < -0.4 is 15.0 Å². The van der Waals surface area contributed by atoms with Gasteiger partial charge in [-0.25, -0.2) is 0 Å². The molecule has 3 rings (SSSR count). The summed E-state index contributed by atoms with van der Waals surface area (Å²) in [7, 11) is 0. The summed E-state index contributed by atoms with van der Waals surface area (Å²) in [5, 5.41) is 3.00. The van der Waals surface area contributed by atoms with Gasteiger partial charge in [-0.1, -0.05) is 24.6 Å². The molecule has 0 bridgehead atoms. The number of hydrogen-bond acceptors (Lipinski definition) is 4. The number of benzene rings is 2. The molecule has 1 N–H and O–H groups in total. The van der Waals surface area contributed by atoms with Gasteiger partial charge in [0.25, 0.3) is 5.91 Å². The van der Waals surface area contributed by atoms with Crippen LogP contribution in [0.3, 0.4) is 0 Å². The van der Waals surface area contributed by atoms with Gasteiger partial charge in [0.15, 0.2) is 6.10 Å². The number of nitrogens with zero attached hydrogens (tertiary/aromatic N) is 2. The predicted molar refractivity (Wildman–Crippen MR) is 115 cm³/mol. The summed E-state index contributed by atoms with van der Waals surface area (Å²) in [5.41, 5.74) is 4.28. The van der Waals surface area contributed by atoms with Gasteiger partial charge in [-0.3, -0.25) is 4.79 Å². The molecule has 5 heteroatoms. The topological polar surface area (TPSA) is 44.8 Å². The van der Waals surface area contributed by atoms with E-state index in [1.54, 1.807) is 6.92 Å². The highest BCUT2D eigenvalue weighted by Crippen LogP contribution is 2.24. The van der Waals surface area contributed by atoms with Crippen LogP contribution in [0.2, 0.25) is 0 Å². The summed E-state index contributed by atoms with van der Waals surface area (Å²) in [6, 6.07) is 14.0. The highest BCUT2D eigenvalue weighted by Gasteiger charge is 2.18. The SMILES string of the molecule is CCN1CCN(c2ccc(NC(=O)C(C)Oc3ccc(C)cc3)c(C)c2)CC1. The fraction of sp³-hybridized carbons (Fsp3) is 0.435. The molecule has 150 valence electrons. The van der Waals surface area contributed by atoms with E-state index in [-0.39, 0.29) is 5.91 Å². The first-order valence-electron chi connectivity index (χ1n) is 10.1. The van der Waals surface area contributed by atoms with E-state index < -0.39 is 6.10 Å². The number of likely N-dealkylation sites (N-methyl/N-ethyl adjacent to an activating group) is 1. The third-order valence-corrected chi connectivity index (χ3v) is 5.36. The zero-order chi connectivity index (χ0) is 20.1. The number of nitrogens with one attached hydrogen (secondary N) is 1. The van der Waals surface area contributed by atoms with Gasteiger partial charge in [-0.05, 0) is 63.2 Å². The van der Waals surface area contributed by atoms with Crippen molar-refractivity contribution >= 4 is 17.3 Å². The molecule has 5 nitrogen and oxygen atoms in total. The maximum absolute atomic E-state index is 12.5.